The largest absolute Gasteiger partial charge is 0.457 e. The van der Waals surface area contributed by atoms with Crippen molar-refractivity contribution in [1.29, 1.82) is 0 Å². The molecular weight excluding hydrogens is 352 g/mol. The van der Waals surface area contributed by atoms with Crippen LogP contribution in [0.1, 0.15) is 93.4 Å². The number of carbonyl (C=O) groups excluding carboxylic acids is 2. The lowest BCUT2D eigenvalue weighted by Gasteiger charge is -2.55. The normalized spacial score (nSPS) is 34.0. The fourth-order valence-corrected chi connectivity index (χ4v) is 6.42. The van der Waals surface area contributed by atoms with Gasteiger partial charge in [0.25, 0.3) is 0 Å². The van der Waals surface area contributed by atoms with E-state index in [9.17, 15) is 9.59 Å². The van der Waals surface area contributed by atoms with Crippen molar-refractivity contribution in [1.82, 2.24) is 0 Å². The second kappa shape index (κ2) is 7.02. The Hall–Kier alpha value is -1.06. The van der Waals surface area contributed by atoms with Crippen LogP contribution < -0.4 is 0 Å². The molecule has 4 bridgehead atoms. The molecule has 4 rings (SSSR count). The van der Waals surface area contributed by atoms with Crippen LogP contribution in [0.4, 0.5) is 0 Å². The predicted molar refractivity (Wildman–Crippen MR) is 110 cm³/mol. The molecule has 0 saturated heterocycles. The number of esters is 2. The van der Waals surface area contributed by atoms with Crippen molar-refractivity contribution >= 4 is 11.9 Å². The summed E-state index contributed by atoms with van der Waals surface area (Å²) >= 11 is 0. The highest BCUT2D eigenvalue weighted by molar-refractivity contribution is 5.81. The Morgan fingerprint density at radius 2 is 1.32 bits per heavy atom. The first-order valence-corrected chi connectivity index (χ1v) is 11.1. The first-order chi connectivity index (χ1) is 12.7. The molecule has 0 spiro atoms. The number of carbonyl (C=O) groups is 2. The summed E-state index contributed by atoms with van der Waals surface area (Å²) in [5, 5.41) is 0. The first kappa shape index (κ1) is 21.6. The molecule has 4 saturated carbocycles. The second-order valence-electron chi connectivity index (χ2n) is 12.5. The van der Waals surface area contributed by atoms with E-state index in [1.165, 1.54) is 19.3 Å². The molecule has 160 valence electrons. The Labute approximate surface area is 171 Å². The predicted octanol–water partition coefficient (Wildman–Crippen LogP) is 5.53. The van der Waals surface area contributed by atoms with Crippen molar-refractivity contribution in [3.05, 3.63) is 0 Å². The Bertz CT molecular complexity index is 586. The summed E-state index contributed by atoms with van der Waals surface area (Å²) in [7, 11) is 0. The summed E-state index contributed by atoms with van der Waals surface area (Å²) in [6.45, 7) is 14.3. The smallest absolute Gasteiger partial charge is 0.344 e. The van der Waals surface area contributed by atoms with Gasteiger partial charge < -0.3 is 9.47 Å². The lowest BCUT2D eigenvalue weighted by atomic mass is 9.54. The maximum Gasteiger partial charge on any atom is 0.344 e. The minimum absolute atomic E-state index is 0.0131. The minimum Gasteiger partial charge on any atom is -0.457 e. The molecule has 1 unspecified atom stereocenters. The van der Waals surface area contributed by atoms with Crippen LogP contribution in [0, 0.1) is 34.0 Å². The molecule has 0 aromatic heterocycles. The van der Waals surface area contributed by atoms with Crippen LogP contribution in [-0.4, -0.2) is 24.1 Å². The summed E-state index contributed by atoms with van der Waals surface area (Å²) in [6.07, 6.45) is 7.63. The van der Waals surface area contributed by atoms with E-state index in [1.807, 2.05) is 6.92 Å². The van der Waals surface area contributed by atoms with Crippen molar-refractivity contribution in [2.75, 3.05) is 6.61 Å². The van der Waals surface area contributed by atoms with Crippen LogP contribution in [0.5, 0.6) is 0 Å². The van der Waals surface area contributed by atoms with E-state index in [0.29, 0.717) is 6.42 Å². The van der Waals surface area contributed by atoms with Gasteiger partial charge in [-0.05, 0) is 80.5 Å². The quantitative estimate of drug-likeness (QED) is 0.577. The van der Waals surface area contributed by atoms with Crippen LogP contribution >= 0.6 is 0 Å². The summed E-state index contributed by atoms with van der Waals surface area (Å²) in [5.41, 5.74) is -1.22. The van der Waals surface area contributed by atoms with Gasteiger partial charge in [-0.3, -0.25) is 4.79 Å². The van der Waals surface area contributed by atoms with Gasteiger partial charge in [-0.1, -0.05) is 41.5 Å². The molecule has 0 aromatic carbocycles. The maximum absolute atomic E-state index is 13.0. The number of hydrogen-bond acceptors (Lipinski definition) is 4. The van der Waals surface area contributed by atoms with Crippen molar-refractivity contribution in [3.63, 3.8) is 0 Å². The fraction of sp³-hybridized carbons (Fsp3) is 0.917. The van der Waals surface area contributed by atoms with Gasteiger partial charge in [0.05, 0.1) is 5.41 Å². The SMILES string of the molecule is CC(C)(C)CC(C)(C(=O)OCC(=O)OC12CC3CC(CC(C3)C1)C2)C(C)(C)C. The van der Waals surface area contributed by atoms with Crippen LogP contribution in [0.15, 0.2) is 0 Å². The molecule has 28 heavy (non-hydrogen) atoms. The van der Waals surface area contributed by atoms with Crippen LogP contribution in [0.25, 0.3) is 0 Å². The van der Waals surface area contributed by atoms with Gasteiger partial charge in [0.15, 0.2) is 6.61 Å². The van der Waals surface area contributed by atoms with Gasteiger partial charge in [0.2, 0.25) is 0 Å². The van der Waals surface area contributed by atoms with E-state index in [-0.39, 0.29) is 35.0 Å². The Morgan fingerprint density at radius 1 is 0.857 bits per heavy atom. The monoisotopic (exact) mass is 392 g/mol. The van der Waals surface area contributed by atoms with Crippen LogP contribution in [0.2, 0.25) is 0 Å². The molecule has 4 aliphatic rings. The van der Waals surface area contributed by atoms with Gasteiger partial charge in [-0.25, -0.2) is 4.79 Å². The zero-order valence-electron chi connectivity index (χ0n) is 19.0. The molecular formula is C24H40O4. The van der Waals surface area contributed by atoms with E-state index in [1.54, 1.807) is 0 Å². The third-order valence-electron chi connectivity index (χ3n) is 7.62. The highest BCUT2D eigenvalue weighted by Gasteiger charge is 2.53. The van der Waals surface area contributed by atoms with Crippen LogP contribution in [-0.2, 0) is 19.1 Å². The van der Waals surface area contributed by atoms with Crippen molar-refractivity contribution < 1.29 is 19.1 Å². The fourth-order valence-electron chi connectivity index (χ4n) is 6.42. The van der Waals surface area contributed by atoms with Gasteiger partial charge in [-0.15, -0.1) is 0 Å². The average molecular weight is 393 g/mol. The molecule has 0 heterocycles. The maximum atomic E-state index is 13.0. The van der Waals surface area contributed by atoms with E-state index in [0.717, 1.165) is 37.0 Å². The van der Waals surface area contributed by atoms with E-state index in [4.69, 9.17) is 9.47 Å². The summed E-state index contributed by atoms with van der Waals surface area (Å²) in [4.78, 5) is 25.6. The first-order valence-electron chi connectivity index (χ1n) is 11.1. The lowest BCUT2D eigenvalue weighted by molar-refractivity contribution is -0.195. The molecule has 0 amide bonds. The zero-order valence-corrected chi connectivity index (χ0v) is 19.0. The highest BCUT2D eigenvalue weighted by atomic mass is 16.6. The number of rotatable bonds is 5. The van der Waals surface area contributed by atoms with Crippen LogP contribution in [0.3, 0.4) is 0 Å². The van der Waals surface area contributed by atoms with E-state index in [2.05, 4.69) is 41.5 Å². The molecule has 4 heteroatoms. The van der Waals surface area contributed by atoms with Gasteiger partial charge in [-0.2, -0.15) is 0 Å². The van der Waals surface area contributed by atoms with Gasteiger partial charge >= 0.3 is 11.9 Å². The standard InChI is InChI=1S/C24H40O4/c1-21(2,3)15-23(7,22(4,5)6)20(26)27-14-19(25)28-24-11-16-8-17(12-24)10-18(9-16)13-24/h16-18H,8-15H2,1-7H3. The van der Waals surface area contributed by atoms with Crippen molar-refractivity contribution in [2.24, 2.45) is 34.0 Å². The molecule has 0 N–H and O–H groups in total. The molecule has 4 aliphatic carbocycles. The Morgan fingerprint density at radius 3 is 1.71 bits per heavy atom. The number of hydrogen-bond donors (Lipinski definition) is 0. The van der Waals surface area contributed by atoms with Crippen molar-refractivity contribution in [3.8, 4) is 0 Å². The molecule has 0 aliphatic heterocycles. The Kier molecular flexibility index (Phi) is 5.43. The third kappa shape index (κ3) is 4.41. The molecule has 4 nitrogen and oxygen atoms in total. The molecule has 1 atom stereocenters. The summed E-state index contributed by atoms with van der Waals surface area (Å²) in [5.74, 6) is 1.49. The summed E-state index contributed by atoms with van der Waals surface area (Å²) < 4.78 is 11.5. The third-order valence-corrected chi connectivity index (χ3v) is 7.62. The average Bonchev–Trinajstić information content (AvgIpc) is 2.47. The minimum atomic E-state index is -0.660. The number of ether oxygens (including phenoxy) is 2. The topological polar surface area (TPSA) is 52.6 Å². The molecule has 0 aromatic rings. The Balaban J connectivity index is 1.59. The van der Waals surface area contributed by atoms with E-state index < -0.39 is 5.41 Å². The summed E-state index contributed by atoms with van der Waals surface area (Å²) in [6, 6.07) is 0. The highest BCUT2D eigenvalue weighted by Crippen LogP contribution is 2.57. The van der Waals surface area contributed by atoms with Gasteiger partial charge in [0.1, 0.15) is 5.60 Å². The second-order valence-corrected chi connectivity index (χ2v) is 12.5. The van der Waals surface area contributed by atoms with Crippen molar-refractivity contribution in [2.45, 2.75) is 99.0 Å². The van der Waals surface area contributed by atoms with Gasteiger partial charge in [0, 0.05) is 0 Å². The lowest BCUT2D eigenvalue weighted by Crippen LogP contribution is -2.53. The zero-order chi connectivity index (χ0) is 21.0. The van der Waals surface area contributed by atoms with E-state index >= 15 is 0 Å². The molecule has 4 fully saturated rings. The molecule has 0 radical (unpaired) electrons.